The number of allylic oxidation sites excluding steroid dienone is 2. The molecule has 0 aliphatic rings. The topological polar surface area (TPSA) is 149 Å². The number of phosphoric acid groups is 1. The molecule has 10 nitrogen and oxygen atoms in total. The average molecular weight is 539 g/mol. The van der Waals surface area contributed by atoms with Gasteiger partial charge in [0.25, 0.3) is 0 Å². The number of carbonyl (C=O) groups is 2. The predicted molar refractivity (Wildman–Crippen MR) is 136 cm³/mol. The number of esters is 2. The Morgan fingerprint density at radius 3 is 1.69 bits per heavy atom. The predicted octanol–water partition coefficient (Wildman–Crippen LogP) is 4.60. The van der Waals surface area contributed by atoms with E-state index in [1.165, 1.54) is 19.3 Å². The van der Waals surface area contributed by atoms with Gasteiger partial charge in [-0.3, -0.25) is 18.6 Å². The van der Waals surface area contributed by atoms with Crippen LogP contribution in [-0.2, 0) is 32.7 Å². The van der Waals surface area contributed by atoms with Gasteiger partial charge in [-0.05, 0) is 38.5 Å². The van der Waals surface area contributed by atoms with E-state index in [1.807, 2.05) is 0 Å². The minimum Gasteiger partial charge on any atom is -0.457 e. The number of aliphatic hydroxyl groups excluding tert-OH is 2. The molecule has 3 N–H and O–H groups in total. The Hall–Kier alpha value is -1.29. The van der Waals surface area contributed by atoms with Crippen molar-refractivity contribution in [1.29, 1.82) is 0 Å². The number of unbranched alkanes of at least 4 members (excludes halogenated alkanes) is 8. The maximum absolute atomic E-state index is 12.0. The number of aliphatic hydroxyl groups is 2. The van der Waals surface area contributed by atoms with Crippen LogP contribution in [0.3, 0.4) is 0 Å². The lowest BCUT2D eigenvalue weighted by atomic mass is 10.1. The first kappa shape index (κ1) is 34.7. The number of hydrogen-bond donors (Lipinski definition) is 3. The fourth-order valence-electron chi connectivity index (χ4n) is 3.14. The van der Waals surface area contributed by atoms with Crippen molar-refractivity contribution in [3.8, 4) is 0 Å². The van der Waals surface area contributed by atoms with Crippen LogP contribution in [0.2, 0.25) is 0 Å². The first-order valence-electron chi connectivity index (χ1n) is 13.1. The summed E-state index contributed by atoms with van der Waals surface area (Å²) in [4.78, 5) is 33.2. The highest BCUT2D eigenvalue weighted by atomic mass is 31.2. The van der Waals surface area contributed by atoms with Crippen molar-refractivity contribution in [3.63, 3.8) is 0 Å². The lowest BCUT2D eigenvalue weighted by molar-refractivity contribution is -0.153. The number of hydrogen-bond acceptors (Lipinski definition) is 9. The van der Waals surface area contributed by atoms with E-state index in [9.17, 15) is 29.3 Å². The van der Waals surface area contributed by atoms with Gasteiger partial charge in [-0.25, -0.2) is 4.57 Å². The molecular formula is C25H47O10P. The van der Waals surface area contributed by atoms with Crippen molar-refractivity contribution >= 4 is 19.8 Å². The second kappa shape index (κ2) is 22.9. The normalized spacial score (nSPS) is 14.9. The molecular weight excluding hydrogens is 491 g/mol. The van der Waals surface area contributed by atoms with Gasteiger partial charge in [-0.15, -0.1) is 0 Å². The monoisotopic (exact) mass is 538 g/mol. The molecule has 0 aromatic rings. The number of rotatable bonds is 24. The third-order valence-electron chi connectivity index (χ3n) is 5.20. The van der Waals surface area contributed by atoms with E-state index >= 15 is 0 Å². The van der Waals surface area contributed by atoms with Gasteiger partial charge in [0.05, 0.1) is 26.4 Å². The van der Waals surface area contributed by atoms with Gasteiger partial charge >= 0.3 is 19.8 Å². The van der Waals surface area contributed by atoms with Crippen molar-refractivity contribution in [2.24, 2.45) is 0 Å². The van der Waals surface area contributed by atoms with Crippen LogP contribution in [0, 0.1) is 0 Å². The van der Waals surface area contributed by atoms with E-state index in [0.29, 0.717) is 12.8 Å². The summed E-state index contributed by atoms with van der Waals surface area (Å²) in [5.74, 6) is -1.09. The SMILES string of the molecule is CCCCC/C=C\CCCCCCCC(=O)OC(CO)COP(=O)(O)OCC(CO)OC(=O)CCC. The molecule has 0 saturated heterocycles. The molecule has 0 fully saturated rings. The van der Waals surface area contributed by atoms with Crippen molar-refractivity contribution in [2.75, 3.05) is 26.4 Å². The second-order valence-corrected chi connectivity index (χ2v) is 10.1. The summed E-state index contributed by atoms with van der Waals surface area (Å²) in [6.45, 7) is 1.68. The first-order chi connectivity index (χ1) is 17.3. The third-order valence-corrected chi connectivity index (χ3v) is 6.15. The van der Waals surface area contributed by atoms with Gasteiger partial charge in [0, 0.05) is 12.8 Å². The summed E-state index contributed by atoms with van der Waals surface area (Å²) >= 11 is 0. The Kier molecular flexibility index (Phi) is 22.1. The molecule has 0 bridgehead atoms. The van der Waals surface area contributed by atoms with Crippen molar-refractivity contribution < 1.29 is 47.8 Å². The minimum absolute atomic E-state index is 0.143. The quantitative estimate of drug-likeness (QED) is 0.0689. The fourth-order valence-corrected chi connectivity index (χ4v) is 3.93. The molecule has 11 heteroatoms. The highest BCUT2D eigenvalue weighted by Gasteiger charge is 2.27. The number of phosphoric ester groups is 1. The molecule has 0 heterocycles. The fraction of sp³-hybridized carbons (Fsp3) is 0.840. The zero-order chi connectivity index (χ0) is 27.1. The van der Waals surface area contributed by atoms with Crippen molar-refractivity contribution in [3.05, 3.63) is 12.2 Å². The molecule has 0 aliphatic heterocycles. The highest BCUT2D eigenvalue weighted by molar-refractivity contribution is 7.47. The standard InChI is InChI=1S/C25H47O10P/c1-3-5-6-7-8-9-10-11-12-13-14-15-17-25(29)35-23(19-27)21-33-36(30,31)32-20-22(18-26)34-24(28)16-4-2/h8-9,22-23,26-27H,3-7,10-21H2,1-2H3,(H,30,31)/b9-8-. The summed E-state index contributed by atoms with van der Waals surface area (Å²) in [5, 5.41) is 18.6. The third kappa shape index (κ3) is 20.9. The Morgan fingerprint density at radius 1 is 0.722 bits per heavy atom. The molecule has 0 aromatic carbocycles. The van der Waals surface area contributed by atoms with Gasteiger partial charge < -0.3 is 24.6 Å². The minimum atomic E-state index is -4.59. The average Bonchev–Trinajstić information content (AvgIpc) is 2.85. The first-order valence-corrected chi connectivity index (χ1v) is 14.6. The molecule has 36 heavy (non-hydrogen) atoms. The molecule has 212 valence electrons. The van der Waals surface area contributed by atoms with E-state index in [-0.39, 0.29) is 12.8 Å². The van der Waals surface area contributed by atoms with Crippen molar-refractivity contribution in [1.82, 2.24) is 0 Å². The molecule has 3 atom stereocenters. The second-order valence-electron chi connectivity index (χ2n) is 8.67. The van der Waals surface area contributed by atoms with E-state index in [4.69, 9.17) is 18.5 Å². The molecule has 0 aromatic heterocycles. The maximum Gasteiger partial charge on any atom is 0.472 e. The Bertz CT molecular complexity index is 640. The van der Waals surface area contributed by atoms with E-state index in [2.05, 4.69) is 19.1 Å². The largest absolute Gasteiger partial charge is 0.472 e. The lowest BCUT2D eigenvalue weighted by Crippen LogP contribution is -2.28. The zero-order valence-electron chi connectivity index (χ0n) is 22.0. The molecule has 0 rings (SSSR count). The van der Waals surface area contributed by atoms with Crippen LogP contribution < -0.4 is 0 Å². The number of carbonyl (C=O) groups excluding carboxylic acids is 2. The molecule has 3 unspecified atom stereocenters. The Balaban J connectivity index is 4.03. The summed E-state index contributed by atoms with van der Waals surface area (Å²) in [6, 6.07) is 0. The summed E-state index contributed by atoms with van der Waals surface area (Å²) < 4.78 is 31.5. The molecule has 0 saturated carbocycles. The van der Waals surface area contributed by atoms with E-state index < -0.39 is 58.4 Å². The van der Waals surface area contributed by atoms with Gasteiger partial charge in [0.1, 0.15) is 12.2 Å². The number of ether oxygens (including phenoxy) is 2. The Morgan fingerprint density at radius 2 is 1.19 bits per heavy atom. The van der Waals surface area contributed by atoms with Crippen LogP contribution in [0.25, 0.3) is 0 Å². The van der Waals surface area contributed by atoms with Crippen LogP contribution in [0.15, 0.2) is 12.2 Å². The van der Waals surface area contributed by atoms with Crippen LogP contribution in [-0.4, -0.2) is 65.7 Å². The van der Waals surface area contributed by atoms with E-state index in [1.54, 1.807) is 6.92 Å². The van der Waals surface area contributed by atoms with Crippen LogP contribution in [0.5, 0.6) is 0 Å². The van der Waals surface area contributed by atoms with Crippen LogP contribution in [0.4, 0.5) is 0 Å². The van der Waals surface area contributed by atoms with Crippen molar-refractivity contribution in [2.45, 2.75) is 110 Å². The summed E-state index contributed by atoms with van der Waals surface area (Å²) in [7, 11) is -4.59. The molecule has 0 spiro atoms. The van der Waals surface area contributed by atoms with E-state index in [0.717, 1.165) is 38.5 Å². The van der Waals surface area contributed by atoms with Crippen LogP contribution in [0.1, 0.15) is 97.3 Å². The smallest absolute Gasteiger partial charge is 0.457 e. The molecule has 0 aliphatic carbocycles. The maximum atomic E-state index is 12.0. The summed E-state index contributed by atoms with van der Waals surface area (Å²) in [6.07, 6.45) is 13.9. The lowest BCUT2D eigenvalue weighted by Gasteiger charge is -2.20. The van der Waals surface area contributed by atoms with Gasteiger partial charge in [0.2, 0.25) is 0 Å². The van der Waals surface area contributed by atoms with Gasteiger partial charge in [-0.1, -0.05) is 58.1 Å². The van der Waals surface area contributed by atoms with Gasteiger partial charge in [-0.2, -0.15) is 0 Å². The van der Waals surface area contributed by atoms with Crippen LogP contribution >= 0.6 is 7.82 Å². The highest BCUT2D eigenvalue weighted by Crippen LogP contribution is 2.43. The molecule has 0 amide bonds. The molecule has 0 radical (unpaired) electrons. The Labute approximate surface area is 216 Å². The van der Waals surface area contributed by atoms with Gasteiger partial charge in [0.15, 0.2) is 0 Å². The zero-order valence-corrected chi connectivity index (χ0v) is 22.9. The summed E-state index contributed by atoms with van der Waals surface area (Å²) in [5.41, 5.74) is 0.